The third-order valence-electron chi connectivity index (χ3n) is 3.55. The zero-order valence-corrected chi connectivity index (χ0v) is 13.3. The van der Waals surface area contributed by atoms with Crippen molar-refractivity contribution < 1.29 is 9.59 Å². The molecule has 0 unspecified atom stereocenters. The topological polar surface area (TPSA) is 49.4 Å². The normalized spacial score (nSPS) is 14.6. The number of nitrogens with one attached hydrogen (secondary N) is 1. The number of hydrogen-bond donors (Lipinski definition) is 1. The molecule has 0 bridgehead atoms. The Labute approximate surface area is 126 Å². The highest BCUT2D eigenvalue weighted by Gasteiger charge is 2.21. The second-order valence-corrected chi connectivity index (χ2v) is 6.72. The fourth-order valence-electron chi connectivity index (χ4n) is 2.69. The van der Waals surface area contributed by atoms with Crippen molar-refractivity contribution >= 4 is 17.4 Å². The van der Waals surface area contributed by atoms with Crippen molar-refractivity contribution in [2.75, 3.05) is 18.0 Å². The molecule has 0 aromatic heterocycles. The van der Waals surface area contributed by atoms with Crippen molar-refractivity contribution in [3.05, 3.63) is 29.3 Å². The van der Waals surface area contributed by atoms with Gasteiger partial charge in [0.05, 0.1) is 6.54 Å². The molecule has 0 atom stereocenters. The maximum Gasteiger partial charge on any atom is 0.239 e. The molecule has 4 nitrogen and oxygen atoms in total. The van der Waals surface area contributed by atoms with Crippen LogP contribution in [0.2, 0.25) is 0 Å². The summed E-state index contributed by atoms with van der Waals surface area (Å²) < 4.78 is 0. The van der Waals surface area contributed by atoms with Gasteiger partial charge in [0.15, 0.2) is 5.78 Å². The number of carbonyl (C=O) groups excluding carboxylic acids is 2. The first-order valence-corrected chi connectivity index (χ1v) is 7.46. The highest BCUT2D eigenvalue weighted by atomic mass is 16.2. The van der Waals surface area contributed by atoms with Crippen LogP contribution < -0.4 is 10.2 Å². The van der Waals surface area contributed by atoms with Gasteiger partial charge in [-0.3, -0.25) is 9.59 Å². The Hall–Kier alpha value is -1.84. The van der Waals surface area contributed by atoms with E-state index < -0.39 is 0 Å². The summed E-state index contributed by atoms with van der Waals surface area (Å²) in [5.74, 6) is 0.117. The lowest BCUT2D eigenvalue weighted by atomic mass is 9.98. The number of rotatable bonds is 3. The van der Waals surface area contributed by atoms with Crippen molar-refractivity contribution in [2.45, 2.75) is 46.1 Å². The van der Waals surface area contributed by atoms with E-state index in [-0.39, 0.29) is 17.2 Å². The minimum Gasteiger partial charge on any atom is -0.362 e. The maximum absolute atomic E-state index is 12.1. The fourth-order valence-corrected chi connectivity index (χ4v) is 2.69. The van der Waals surface area contributed by atoms with Crippen molar-refractivity contribution in [1.29, 1.82) is 0 Å². The van der Waals surface area contributed by atoms with Crippen molar-refractivity contribution in [2.24, 2.45) is 0 Å². The zero-order valence-electron chi connectivity index (χ0n) is 13.3. The second-order valence-electron chi connectivity index (χ2n) is 6.72. The van der Waals surface area contributed by atoms with Crippen LogP contribution in [0.1, 0.15) is 50.0 Å². The number of carbonyl (C=O) groups is 2. The average Bonchev–Trinajstić information content (AvgIpc) is 2.36. The minimum absolute atomic E-state index is 0.0333. The van der Waals surface area contributed by atoms with Crippen molar-refractivity contribution in [3.8, 4) is 0 Å². The maximum atomic E-state index is 12.1. The number of anilines is 1. The molecule has 21 heavy (non-hydrogen) atoms. The molecule has 0 spiro atoms. The molecule has 1 heterocycles. The molecule has 0 fully saturated rings. The Morgan fingerprint density at radius 1 is 1.29 bits per heavy atom. The molecule has 114 valence electrons. The molecule has 1 aromatic rings. The molecule has 2 rings (SSSR count). The van der Waals surface area contributed by atoms with E-state index in [0.29, 0.717) is 6.54 Å². The molecule has 0 aliphatic carbocycles. The summed E-state index contributed by atoms with van der Waals surface area (Å²) in [5.41, 5.74) is 2.77. The molecule has 1 N–H and O–H groups in total. The third-order valence-corrected chi connectivity index (χ3v) is 3.55. The second kappa shape index (κ2) is 5.88. The summed E-state index contributed by atoms with van der Waals surface area (Å²) in [6, 6.07) is 5.78. The first-order valence-electron chi connectivity index (χ1n) is 7.46. The first-order chi connectivity index (χ1) is 9.76. The number of ketones is 1. The van der Waals surface area contributed by atoms with Gasteiger partial charge in [-0.25, -0.2) is 0 Å². The van der Waals surface area contributed by atoms with E-state index in [1.165, 1.54) is 0 Å². The van der Waals surface area contributed by atoms with Crippen molar-refractivity contribution in [1.82, 2.24) is 5.32 Å². The fraction of sp³-hybridized carbons (Fsp3) is 0.529. The third kappa shape index (κ3) is 4.06. The number of fused-ring (bicyclic) bond motifs is 1. The van der Waals surface area contributed by atoms with E-state index in [1.807, 2.05) is 39.0 Å². The Morgan fingerprint density at radius 3 is 2.62 bits per heavy atom. The van der Waals surface area contributed by atoms with Gasteiger partial charge < -0.3 is 10.2 Å². The predicted molar refractivity (Wildman–Crippen MR) is 84.9 cm³/mol. The van der Waals surface area contributed by atoms with Gasteiger partial charge in [0.25, 0.3) is 0 Å². The SMILES string of the molecule is CC(=O)c1ccc2c(c1)CCCN2CC(=O)NC(C)(C)C. The van der Waals surface area contributed by atoms with Gasteiger partial charge in [-0.15, -0.1) is 0 Å². The Kier molecular flexibility index (Phi) is 4.35. The quantitative estimate of drug-likeness (QED) is 0.870. The molecule has 0 saturated heterocycles. The van der Waals surface area contributed by atoms with E-state index in [9.17, 15) is 9.59 Å². The van der Waals surface area contributed by atoms with Crippen LogP contribution >= 0.6 is 0 Å². The van der Waals surface area contributed by atoms with Crippen LogP contribution in [0.4, 0.5) is 5.69 Å². The molecule has 0 saturated carbocycles. The van der Waals surface area contributed by atoms with E-state index >= 15 is 0 Å². The summed E-state index contributed by atoms with van der Waals surface area (Å²) >= 11 is 0. The summed E-state index contributed by atoms with van der Waals surface area (Å²) in [6.45, 7) is 8.77. The average molecular weight is 288 g/mol. The van der Waals surface area contributed by atoms with Gasteiger partial charge in [-0.2, -0.15) is 0 Å². The number of hydrogen-bond acceptors (Lipinski definition) is 3. The zero-order chi connectivity index (χ0) is 15.6. The number of Topliss-reactive ketones (excluding diaryl/α,β-unsaturated/α-hetero) is 1. The van der Waals surface area contributed by atoms with Crippen LogP contribution in [0.3, 0.4) is 0 Å². The first kappa shape index (κ1) is 15.5. The van der Waals surface area contributed by atoms with Gasteiger partial charge in [0, 0.05) is 23.3 Å². The largest absolute Gasteiger partial charge is 0.362 e. The van der Waals surface area contributed by atoms with Crippen LogP contribution in [-0.4, -0.2) is 30.3 Å². The van der Waals surface area contributed by atoms with Crippen LogP contribution in [0, 0.1) is 0 Å². The molecule has 1 aliphatic heterocycles. The highest BCUT2D eigenvalue weighted by molar-refractivity contribution is 5.95. The Balaban J connectivity index is 2.15. The standard InChI is InChI=1S/C17H24N2O2/c1-12(20)13-7-8-15-14(10-13)6-5-9-19(15)11-16(21)18-17(2,3)4/h7-8,10H,5-6,9,11H2,1-4H3,(H,18,21). The molecule has 1 aromatic carbocycles. The lowest BCUT2D eigenvalue weighted by molar-refractivity contribution is -0.121. The number of amides is 1. The molecule has 4 heteroatoms. The molecule has 0 radical (unpaired) electrons. The highest BCUT2D eigenvalue weighted by Crippen LogP contribution is 2.28. The van der Waals surface area contributed by atoms with E-state index in [4.69, 9.17) is 0 Å². The van der Waals surface area contributed by atoms with E-state index in [2.05, 4.69) is 10.2 Å². The molecule has 1 aliphatic rings. The van der Waals surface area contributed by atoms with Gasteiger partial charge in [-0.05, 0) is 64.3 Å². The summed E-state index contributed by atoms with van der Waals surface area (Å²) in [6.07, 6.45) is 1.98. The lowest BCUT2D eigenvalue weighted by Gasteiger charge is -2.32. The van der Waals surface area contributed by atoms with E-state index in [1.54, 1.807) is 6.92 Å². The van der Waals surface area contributed by atoms with Crippen LogP contribution in [0.15, 0.2) is 18.2 Å². The Bertz CT molecular complexity index is 558. The van der Waals surface area contributed by atoms with Crippen molar-refractivity contribution in [3.63, 3.8) is 0 Å². The monoisotopic (exact) mass is 288 g/mol. The smallest absolute Gasteiger partial charge is 0.239 e. The number of benzene rings is 1. The van der Waals surface area contributed by atoms with Crippen LogP contribution in [0.5, 0.6) is 0 Å². The lowest BCUT2D eigenvalue weighted by Crippen LogP contribution is -2.47. The van der Waals surface area contributed by atoms with Gasteiger partial charge in [-0.1, -0.05) is 0 Å². The molecule has 1 amide bonds. The summed E-state index contributed by atoms with van der Waals surface area (Å²) in [5, 5.41) is 2.99. The van der Waals surface area contributed by atoms with Gasteiger partial charge in [0.2, 0.25) is 5.91 Å². The van der Waals surface area contributed by atoms with Gasteiger partial charge >= 0.3 is 0 Å². The summed E-state index contributed by atoms with van der Waals surface area (Å²) in [4.78, 5) is 25.7. The number of aryl methyl sites for hydroxylation is 1. The van der Waals surface area contributed by atoms with Gasteiger partial charge in [0.1, 0.15) is 0 Å². The van der Waals surface area contributed by atoms with Crippen LogP contribution in [-0.2, 0) is 11.2 Å². The predicted octanol–water partition coefficient (Wildman–Crippen LogP) is 2.56. The minimum atomic E-state index is -0.214. The molecular weight excluding hydrogens is 264 g/mol. The van der Waals surface area contributed by atoms with E-state index in [0.717, 1.165) is 36.2 Å². The summed E-state index contributed by atoms with van der Waals surface area (Å²) in [7, 11) is 0. The Morgan fingerprint density at radius 2 is 2.00 bits per heavy atom. The number of nitrogens with zero attached hydrogens (tertiary/aromatic N) is 1. The van der Waals surface area contributed by atoms with Crippen LogP contribution in [0.25, 0.3) is 0 Å². The molecular formula is C17H24N2O2.